The van der Waals surface area contributed by atoms with Gasteiger partial charge in [0.15, 0.2) is 0 Å². The van der Waals surface area contributed by atoms with E-state index < -0.39 is 0 Å². The normalized spacial score (nSPS) is 10.6. The van der Waals surface area contributed by atoms with Crippen LogP contribution in [0.5, 0.6) is 5.75 Å². The van der Waals surface area contributed by atoms with E-state index in [1.54, 1.807) is 18.4 Å². The van der Waals surface area contributed by atoms with E-state index in [9.17, 15) is 0 Å². The minimum atomic E-state index is 0.662. The van der Waals surface area contributed by atoms with E-state index in [0.29, 0.717) is 10.6 Å². The molecule has 4 heteroatoms. The fourth-order valence-corrected chi connectivity index (χ4v) is 2.40. The van der Waals surface area contributed by atoms with Gasteiger partial charge < -0.3 is 10.5 Å². The van der Waals surface area contributed by atoms with Crippen molar-refractivity contribution < 1.29 is 4.74 Å². The molecular formula is C9H9NOS2. The van der Waals surface area contributed by atoms with E-state index in [-0.39, 0.29) is 0 Å². The summed E-state index contributed by atoms with van der Waals surface area (Å²) in [6.45, 7) is 0. The second-order valence-electron chi connectivity index (χ2n) is 2.68. The lowest BCUT2D eigenvalue weighted by molar-refractivity contribution is 0.411. The van der Waals surface area contributed by atoms with Crippen LogP contribution in [0.25, 0.3) is 10.1 Å². The van der Waals surface area contributed by atoms with Crippen molar-refractivity contribution in [3.05, 3.63) is 17.5 Å². The molecule has 2 aromatic rings. The molecule has 13 heavy (non-hydrogen) atoms. The molecule has 0 amide bonds. The molecular weight excluding hydrogens is 202 g/mol. The van der Waals surface area contributed by atoms with Gasteiger partial charge in [-0.15, -0.1) is 24.0 Å². The van der Waals surface area contributed by atoms with Crippen LogP contribution in [0.15, 0.2) is 22.4 Å². The van der Waals surface area contributed by atoms with Crippen LogP contribution < -0.4 is 10.5 Å². The Kier molecular flexibility index (Phi) is 2.09. The predicted octanol–water partition coefficient (Wildman–Crippen LogP) is 2.78. The molecule has 0 bridgehead atoms. The van der Waals surface area contributed by atoms with E-state index >= 15 is 0 Å². The van der Waals surface area contributed by atoms with Crippen LogP contribution in [0.1, 0.15) is 0 Å². The molecule has 0 radical (unpaired) electrons. The Bertz CT molecular complexity index is 450. The summed E-state index contributed by atoms with van der Waals surface area (Å²) in [5, 5.41) is 3.09. The van der Waals surface area contributed by atoms with Crippen molar-refractivity contribution in [2.45, 2.75) is 4.90 Å². The van der Waals surface area contributed by atoms with Gasteiger partial charge in [0.2, 0.25) is 0 Å². The standard InChI is InChI=1S/C9H9NOS2/c1-11-8-5-2-3-13-7(5)4-6(10)9(8)12/h2-4,12H,10H2,1H3. The highest BCUT2D eigenvalue weighted by Crippen LogP contribution is 2.38. The van der Waals surface area contributed by atoms with Gasteiger partial charge in [0.05, 0.1) is 17.7 Å². The molecule has 0 saturated heterocycles. The van der Waals surface area contributed by atoms with Gasteiger partial charge in [0.25, 0.3) is 0 Å². The maximum Gasteiger partial charge on any atom is 0.142 e. The summed E-state index contributed by atoms with van der Waals surface area (Å²) in [4.78, 5) is 0.716. The lowest BCUT2D eigenvalue weighted by atomic mass is 10.2. The largest absolute Gasteiger partial charge is 0.495 e. The molecule has 0 aliphatic heterocycles. The Morgan fingerprint density at radius 3 is 3.00 bits per heavy atom. The third kappa shape index (κ3) is 1.26. The predicted molar refractivity (Wildman–Crippen MR) is 60.0 cm³/mol. The molecule has 2 rings (SSSR count). The SMILES string of the molecule is COc1c(S)c(N)cc2sccc12. The zero-order valence-electron chi connectivity index (χ0n) is 7.07. The maximum atomic E-state index is 5.77. The van der Waals surface area contributed by atoms with Crippen LogP contribution in [0.4, 0.5) is 5.69 Å². The summed E-state index contributed by atoms with van der Waals surface area (Å²) >= 11 is 5.94. The number of methoxy groups -OCH3 is 1. The van der Waals surface area contributed by atoms with E-state index in [1.807, 2.05) is 17.5 Å². The van der Waals surface area contributed by atoms with Crippen LogP contribution in [0, 0.1) is 0 Å². The highest BCUT2D eigenvalue weighted by Gasteiger charge is 2.09. The molecule has 2 nitrogen and oxygen atoms in total. The van der Waals surface area contributed by atoms with Gasteiger partial charge in [0.1, 0.15) is 5.75 Å². The van der Waals surface area contributed by atoms with Crippen molar-refractivity contribution in [3.8, 4) is 5.75 Å². The highest BCUT2D eigenvalue weighted by atomic mass is 32.1. The topological polar surface area (TPSA) is 35.2 Å². The lowest BCUT2D eigenvalue weighted by Gasteiger charge is -2.07. The summed E-state index contributed by atoms with van der Waals surface area (Å²) in [7, 11) is 1.63. The number of hydrogen-bond donors (Lipinski definition) is 2. The van der Waals surface area contributed by atoms with Gasteiger partial charge in [-0.2, -0.15) is 0 Å². The van der Waals surface area contributed by atoms with Crippen molar-refractivity contribution in [2.24, 2.45) is 0 Å². The quantitative estimate of drug-likeness (QED) is 0.562. The van der Waals surface area contributed by atoms with Crippen LogP contribution in [-0.2, 0) is 0 Å². The summed E-state index contributed by atoms with van der Waals surface area (Å²) < 4.78 is 6.38. The Hall–Kier alpha value is -0.870. The molecule has 0 atom stereocenters. The van der Waals surface area contributed by atoms with E-state index in [1.165, 1.54) is 0 Å². The first kappa shape index (κ1) is 8.72. The maximum absolute atomic E-state index is 5.77. The number of rotatable bonds is 1. The molecule has 1 aromatic carbocycles. The first-order valence-corrected chi connectivity index (χ1v) is 5.09. The van der Waals surface area contributed by atoms with Crippen LogP contribution in [-0.4, -0.2) is 7.11 Å². The number of nitrogen functional groups attached to an aromatic ring is 1. The first-order valence-electron chi connectivity index (χ1n) is 3.76. The lowest BCUT2D eigenvalue weighted by Crippen LogP contribution is -1.91. The monoisotopic (exact) mass is 211 g/mol. The fraction of sp³-hybridized carbons (Fsp3) is 0.111. The number of ether oxygens (including phenoxy) is 1. The Morgan fingerprint density at radius 2 is 2.31 bits per heavy atom. The van der Waals surface area contributed by atoms with Gasteiger partial charge in [-0.3, -0.25) is 0 Å². The number of hydrogen-bond acceptors (Lipinski definition) is 4. The Morgan fingerprint density at radius 1 is 1.54 bits per heavy atom. The average molecular weight is 211 g/mol. The smallest absolute Gasteiger partial charge is 0.142 e. The highest BCUT2D eigenvalue weighted by molar-refractivity contribution is 7.80. The summed E-state index contributed by atoms with van der Waals surface area (Å²) in [5.41, 5.74) is 6.43. The molecule has 0 unspecified atom stereocenters. The number of thiol groups is 1. The number of thiophene rings is 1. The molecule has 2 N–H and O–H groups in total. The van der Waals surface area contributed by atoms with E-state index in [2.05, 4.69) is 12.6 Å². The Labute approximate surface area is 85.7 Å². The van der Waals surface area contributed by atoms with Crippen molar-refractivity contribution in [3.63, 3.8) is 0 Å². The second kappa shape index (κ2) is 3.12. The van der Waals surface area contributed by atoms with Gasteiger partial charge >= 0.3 is 0 Å². The molecule has 0 spiro atoms. The fourth-order valence-electron chi connectivity index (χ4n) is 1.30. The summed E-state index contributed by atoms with van der Waals surface area (Å²) in [6.07, 6.45) is 0. The van der Waals surface area contributed by atoms with E-state index in [4.69, 9.17) is 10.5 Å². The zero-order valence-corrected chi connectivity index (χ0v) is 8.78. The van der Waals surface area contributed by atoms with Crippen molar-refractivity contribution >= 4 is 39.7 Å². The number of fused-ring (bicyclic) bond motifs is 1. The second-order valence-corrected chi connectivity index (χ2v) is 4.07. The number of nitrogens with two attached hydrogens (primary N) is 1. The zero-order chi connectivity index (χ0) is 9.42. The van der Waals surface area contributed by atoms with Crippen LogP contribution in [0.2, 0.25) is 0 Å². The number of benzene rings is 1. The third-order valence-electron chi connectivity index (χ3n) is 1.92. The van der Waals surface area contributed by atoms with E-state index in [0.717, 1.165) is 15.8 Å². The first-order chi connectivity index (χ1) is 6.24. The minimum absolute atomic E-state index is 0.662. The van der Waals surface area contributed by atoms with Gasteiger partial charge in [-0.1, -0.05) is 0 Å². The van der Waals surface area contributed by atoms with Gasteiger partial charge in [0, 0.05) is 10.1 Å². The summed E-state index contributed by atoms with van der Waals surface area (Å²) in [6, 6.07) is 3.93. The minimum Gasteiger partial charge on any atom is -0.495 e. The van der Waals surface area contributed by atoms with Gasteiger partial charge in [-0.25, -0.2) is 0 Å². The van der Waals surface area contributed by atoms with Crippen LogP contribution in [0.3, 0.4) is 0 Å². The van der Waals surface area contributed by atoms with Crippen molar-refractivity contribution in [2.75, 3.05) is 12.8 Å². The third-order valence-corrected chi connectivity index (χ3v) is 3.24. The van der Waals surface area contributed by atoms with Gasteiger partial charge in [-0.05, 0) is 17.5 Å². The molecule has 0 saturated carbocycles. The average Bonchev–Trinajstić information content (AvgIpc) is 2.54. The summed E-state index contributed by atoms with van der Waals surface area (Å²) in [5.74, 6) is 0.764. The molecule has 68 valence electrons. The molecule has 1 aromatic heterocycles. The molecule has 0 aliphatic rings. The molecule has 0 fully saturated rings. The molecule has 0 aliphatic carbocycles. The number of anilines is 1. The molecule has 1 heterocycles. The van der Waals surface area contributed by atoms with Crippen LogP contribution >= 0.6 is 24.0 Å². The van der Waals surface area contributed by atoms with Crippen molar-refractivity contribution in [1.29, 1.82) is 0 Å². The van der Waals surface area contributed by atoms with Crippen molar-refractivity contribution in [1.82, 2.24) is 0 Å². The Balaban J connectivity index is 2.87.